The second-order valence-corrected chi connectivity index (χ2v) is 5.37. The number of anilines is 1. The Kier molecular flexibility index (Phi) is 4.45. The van der Waals surface area contributed by atoms with Crippen LogP contribution >= 0.6 is 11.6 Å². The van der Waals surface area contributed by atoms with Gasteiger partial charge in [0.15, 0.2) is 0 Å². The zero-order chi connectivity index (χ0) is 14.7. The van der Waals surface area contributed by atoms with Gasteiger partial charge in [0.1, 0.15) is 0 Å². The first-order chi connectivity index (χ1) is 9.52. The van der Waals surface area contributed by atoms with Gasteiger partial charge in [-0.25, -0.2) is 0 Å². The van der Waals surface area contributed by atoms with E-state index in [4.69, 9.17) is 11.6 Å². The summed E-state index contributed by atoms with van der Waals surface area (Å²) in [6, 6.07) is 5.29. The molecule has 0 bridgehead atoms. The normalized spacial score (nSPS) is 20.1. The number of aryl methyl sites for hydroxylation is 1. The quantitative estimate of drug-likeness (QED) is 0.819. The van der Waals surface area contributed by atoms with E-state index < -0.39 is 0 Å². The van der Waals surface area contributed by atoms with Crippen LogP contribution in [-0.2, 0) is 9.59 Å². The van der Waals surface area contributed by atoms with Gasteiger partial charge in [0.05, 0.1) is 11.8 Å². The van der Waals surface area contributed by atoms with Gasteiger partial charge in [-0.15, -0.1) is 6.58 Å². The Hall–Kier alpha value is -1.81. The molecule has 2 unspecified atom stereocenters. The summed E-state index contributed by atoms with van der Waals surface area (Å²) < 4.78 is 0. The zero-order valence-corrected chi connectivity index (χ0v) is 12.0. The van der Waals surface area contributed by atoms with Gasteiger partial charge in [-0.2, -0.15) is 0 Å². The predicted molar refractivity (Wildman–Crippen MR) is 79.6 cm³/mol. The molecule has 0 heterocycles. The van der Waals surface area contributed by atoms with Gasteiger partial charge in [-0.3, -0.25) is 9.59 Å². The number of rotatable bonds is 5. The van der Waals surface area contributed by atoms with Crippen molar-refractivity contribution in [3.05, 3.63) is 41.4 Å². The minimum Gasteiger partial charge on any atom is -0.352 e. The van der Waals surface area contributed by atoms with Crippen molar-refractivity contribution >= 4 is 29.1 Å². The first kappa shape index (κ1) is 14.6. The molecule has 0 spiro atoms. The molecule has 1 saturated carbocycles. The molecule has 1 aromatic rings. The van der Waals surface area contributed by atoms with Crippen LogP contribution in [0.15, 0.2) is 30.9 Å². The summed E-state index contributed by atoms with van der Waals surface area (Å²) in [6.07, 6.45) is 2.22. The Balaban J connectivity index is 1.91. The number of hydrogen-bond donors (Lipinski definition) is 2. The lowest BCUT2D eigenvalue weighted by Crippen LogP contribution is -2.27. The van der Waals surface area contributed by atoms with E-state index in [1.54, 1.807) is 24.3 Å². The van der Waals surface area contributed by atoms with Crippen LogP contribution < -0.4 is 10.6 Å². The second kappa shape index (κ2) is 6.09. The molecule has 1 aromatic carbocycles. The fourth-order valence-corrected chi connectivity index (χ4v) is 2.30. The van der Waals surface area contributed by atoms with Crippen molar-refractivity contribution in [2.75, 3.05) is 11.9 Å². The second-order valence-electron chi connectivity index (χ2n) is 4.93. The summed E-state index contributed by atoms with van der Waals surface area (Å²) in [5.41, 5.74) is 1.63. The summed E-state index contributed by atoms with van der Waals surface area (Å²) in [5.74, 6) is -0.662. The maximum atomic E-state index is 12.1. The maximum Gasteiger partial charge on any atom is 0.228 e. The van der Waals surface area contributed by atoms with Crippen LogP contribution in [0.2, 0.25) is 5.02 Å². The number of hydrogen-bond acceptors (Lipinski definition) is 2. The van der Waals surface area contributed by atoms with E-state index in [2.05, 4.69) is 17.2 Å². The molecule has 2 amide bonds. The summed E-state index contributed by atoms with van der Waals surface area (Å²) in [5, 5.41) is 6.18. The molecule has 0 radical (unpaired) electrons. The van der Waals surface area contributed by atoms with Gasteiger partial charge in [0, 0.05) is 17.3 Å². The Morgan fingerprint density at radius 3 is 2.75 bits per heavy atom. The van der Waals surface area contributed by atoms with Crippen LogP contribution in [0.3, 0.4) is 0 Å². The number of benzene rings is 1. The van der Waals surface area contributed by atoms with Crippen LogP contribution in [-0.4, -0.2) is 18.4 Å². The minimum absolute atomic E-state index is 0.0853. The van der Waals surface area contributed by atoms with E-state index in [0.717, 1.165) is 11.3 Å². The maximum absolute atomic E-state index is 12.1. The first-order valence-electron chi connectivity index (χ1n) is 6.48. The molecule has 106 valence electrons. The van der Waals surface area contributed by atoms with Crippen molar-refractivity contribution in [3.63, 3.8) is 0 Å². The van der Waals surface area contributed by atoms with Crippen molar-refractivity contribution in [1.82, 2.24) is 5.32 Å². The molecule has 0 aromatic heterocycles. The molecule has 0 saturated heterocycles. The van der Waals surface area contributed by atoms with Crippen molar-refractivity contribution < 1.29 is 9.59 Å². The number of halogens is 1. The molecule has 1 fully saturated rings. The van der Waals surface area contributed by atoms with Gasteiger partial charge in [0.2, 0.25) is 11.8 Å². The highest BCUT2D eigenvalue weighted by molar-refractivity contribution is 6.30. The number of carbonyl (C=O) groups is 2. The van der Waals surface area contributed by atoms with Crippen LogP contribution in [0, 0.1) is 18.8 Å². The third kappa shape index (κ3) is 3.39. The van der Waals surface area contributed by atoms with E-state index in [0.29, 0.717) is 18.0 Å². The van der Waals surface area contributed by atoms with Gasteiger partial charge < -0.3 is 10.6 Å². The highest BCUT2D eigenvalue weighted by atomic mass is 35.5. The smallest absolute Gasteiger partial charge is 0.228 e. The zero-order valence-electron chi connectivity index (χ0n) is 11.3. The van der Waals surface area contributed by atoms with E-state index in [1.165, 1.54) is 0 Å². The lowest BCUT2D eigenvalue weighted by atomic mass is 10.2. The molecule has 20 heavy (non-hydrogen) atoms. The molecule has 5 heteroatoms. The Bertz CT molecular complexity index is 557. The average molecular weight is 293 g/mol. The van der Waals surface area contributed by atoms with Crippen molar-refractivity contribution in [2.24, 2.45) is 11.8 Å². The highest BCUT2D eigenvalue weighted by Crippen LogP contribution is 2.39. The highest BCUT2D eigenvalue weighted by Gasteiger charge is 2.47. The van der Waals surface area contributed by atoms with Gasteiger partial charge in [0.25, 0.3) is 0 Å². The monoisotopic (exact) mass is 292 g/mol. The van der Waals surface area contributed by atoms with Gasteiger partial charge in [-0.05, 0) is 37.1 Å². The largest absolute Gasteiger partial charge is 0.352 e. The number of nitrogens with one attached hydrogen (secondary N) is 2. The Labute approximate surface area is 123 Å². The Morgan fingerprint density at radius 2 is 2.10 bits per heavy atom. The minimum atomic E-state index is -0.241. The summed E-state index contributed by atoms with van der Waals surface area (Å²) in [6.45, 7) is 5.84. The molecular formula is C15H17ClN2O2. The van der Waals surface area contributed by atoms with Crippen molar-refractivity contribution in [2.45, 2.75) is 13.3 Å². The van der Waals surface area contributed by atoms with Crippen molar-refractivity contribution in [1.29, 1.82) is 0 Å². The van der Waals surface area contributed by atoms with Crippen LogP contribution in [0.25, 0.3) is 0 Å². The predicted octanol–water partition coefficient (Wildman–Crippen LogP) is 2.53. The van der Waals surface area contributed by atoms with Crippen LogP contribution in [0.4, 0.5) is 5.69 Å². The third-order valence-corrected chi connectivity index (χ3v) is 3.57. The van der Waals surface area contributed by atoms with Crippen molar-refractivity contribution in [3.8, 4) is 0 Å². The van der Waals surface area contributed by atoms with Crippen LogP contribution in [0.5, 0.6) is 0 Å². The summed E-state index contributed by atoms with van der Waals surface area (Å²) in [7, 11) is 0. The van der Waals surface area contributed by atoms with Gasteiger partial charge >= 0.3 is 0 Å². The molecular weight excluding hydrogens is 276 g/mol. The van der Waals surface area contributed by atoms with E-state index in [9.17, 15) is 9.59 Å². The van der Waals surface area contributed by atoms with E-state index in [-0.39, 0.29) is 23.7 Å². The van der Waals surface area contributed by atoms with Gasteiger partial charge in [-0.1, -0.05) is 17.7 Å². The van der Waals surface area contributed by atoms with E-state index >= 15 is 0 Å². The molecule has 0 aliphatic heterocycles. The molecule has 2 atom stereocenters. The van der Waals surface area contributed by atoms with E-state index in [1.807, 2.05) is 6.92 Å². The Morgan fingerprint density at radius 1 is 1.40 bits per heavy atom. The average Bonchev–Trinajstić information content (AvgIpc) is 3.19. The first-order valence-corrected chi connectivity index (χ1v) is 6.86. The standard InChI is InChI=1S/C15H17ClN2O2/c1-3-6-17-14(19)11-8-12(11)15(20)18-13-5-4-10(16)7-9(13)2/h3-5,7,11-12H,1,6,8H2,2H3,(H,17,19)(H,18,20). The fourth-order valence-electron chi connectivity index (χ4n) is 2.07. The fraction of sp³-hybridized carbons (Fsp3) is 0.333. The van der Waals surface area contributed by atoms with Crippen LogP contribution in [0.1, 0.15) is 12.0 Å². The molecule has 2 rings (SSSR count). The number of amides is 2. The molecule has 1 aliphatic rings. The topological polar surface area (TPSA) is 58.2 Å². The summed E-state index contributed by atoms with van der Waals surface area (Å²) >= 11 is 5.87. The molecule has 1 aliphatic carbocycles. The lowest BCUT2D eigenvalue weighted by molar-refractivity contribution is -0.125. The lowest BCUT2D eigenvalue weighted by Gasteiger charge is -2.08. The summed E-state index contributed by atoms with van der Waals surface area (Å²) in [4.78, 5) is 23.7. The number of carbonyl (C=O) groups excluding carboxylic acids is 2. The third-order valence-electron chi connectivity index (χ3n) is 3.33. The molecule has 4 nitrogen and oxygen atoms in total. The molecule has 2 N–H and O–H groups in total. The SMILES string of the molecule is C=CCNC(=O)C1CC1C(=O)Nc1ccc(Cl)cc1C.